The third-order valence-corrected chi connectivity index (χ3v) is 3.07. The Bertz CT molecular complexity index is 825. The second-order valence-corrected chi connectivity index (χ2v) is 4.49. The number of carbonyl (C=O) groups is 1. The molecule has 6 nitrogen and oxygen atoms in total. The van der Waals surface area contributed by atoms with Gasteiger partial charge in [0, 0.05) is 6.20 Å². The maximum Gasteiger partial charge on any atom is 0.341 e. The molecule has 0 fully saturated rings. The van der Waals surface area contributed by atoms with Gasteiger partial charge in [-0.25, -0.2) is 9.78 Å². The summed E-state index contributed by atoms with van der Waals surface area (Å²) < 4.78 is 6.59. The maximum absolute atomic E-state index is 12.1. The molecular formula is C16H14N4O2. The van der Waals surface area contributed by atoms with Crippen LogP contribution in [0.4, 0.5) is 0 Å². The third kappa shape index (κ3) is 2.71. The van der Waals surface area contributed by atoms with Crippen LogP contribution in [0.1, 0.15) is 28.5 Å². The molecule has 0 saturated heterocycles. The number of fused-ring (bicyclic) bond motifs is 1. The molecule has 3 aromatic rings. The lowest BCUT2D eigenvalue weighted by molar-refractivity contribution is 0.0525. The van der Waals surface area contributed by atoms with E-state index in [4.69, 9.17) is 4.74 Å². The second-order valence-electron chi connectivity index (χ2n) is 4.49. The fourth-order valence-electron chi connectivity index (χ4n) is 2.06. The van der Waals surface area contributed by atoms with Crippen molar-refractivity contribution < 1.29 is 9.53 Å². The van der Waals surface area contributed by atoms with Crippen molar-refractivity contribution in [1.29, 1.82) is 0 Å². The minimum Gasteiger partial charge on any atom is -0.462 e. The summed E-state index contributed by atoms with van der Waals surface area (Å²) >= 11 is 0. The number of hydrogen-bond acceptors (Lipinski definition) is 5. The molecule has 0 radical (unpaired) electrons. The zero-order valence-corrected chi connectivity index (χ0v) is 12.0. The van der Waals surface area contributed by atoms with Crippen LogP contribution in [0.2, 0.25) is 0 Å². The number of aromatic nitrogens is 4. The molecular weight excluding hydrogens is 280 g/mol. The first-order valence-corrected chi connectivity index (χ1v) is 6.88. The topological polar surface area (TPSA) is 69.4 Å². The summed E-state index contributed by atoms with van der Waals surface area (Å²) in [6, 6.07) is 9.79. The van der Waals surface area contributed by atoms with Crippen molar-refractivity contribution in [2.24, 2.45) is 0 Å². The van der Waals surface area contributed by atoms with Crippen molar-refractivity contribution in [1.82, 2.24) is 19.6 Å². The van der Waals surface area contributed by atoms with Gasteiger partial charge in [0.15, 0.2) is 0 Å². The molecule has 0 saturated carbocycles. The molecule has 0 aliphatic heterocycles. The number of nitrogens with zero attached hydrogens (tertiary/aromatic N) is 4. The Morgan fingerprint density at radius 3 is 2.82 bits per heavy atom. The van der Waals surface area contributed by atoms with Gasteiger partial charge in [0.05, 0.1) is 12.3 Å². The van der Waals surface area contributed by atoms with E-state index in [1.165, 1.54) is 17.0 Å². The first kappa shape index (κ1) is 13.9. The molecule has 0 amide bonds. The van der Waals surface area contributed by atoms with E-state index >= 15 is 0 Å². The van der Waals surface area contributed by atoms with E-state index in [1.807, 2.05) is 42.5 Å². The standard InChI is InChI=1S/C16H14N4O2/c1-2-22-15(21)13-10-17-16-18-11-19-20(16)14(13)9-8-12-6-4-3-5-7-12/h3-11H,2H2,1H3/b9-8+. The number of hydrogen-bond donors (Lipinski definition) is 0. The molecule has 110 valence electrons. The highest BCUT2D eigenvalue weighted by molar-refractivity contribution is 5.94. The Kier molecular flexibility index (Phi) is 3.91. The zero-order valence-electron chi connectivity index (χ0n) is 12.0. The summed E-state index contributed by atoms with van der Waals surface area (Å²) in [5.74, 6) is 0.000807. The summed E-state index contributed by atoms with van der Waals surface area (Å²) in [7, 11) is 0. The maximum atomic E-state index is 12.1. The number of benzene rings is 1. The van der Waals surface area contributed by atoms with E-state index in [9.17, 15) is 4.79 Å². The van der Waals surface area contributed by atoms with Gasteiger partial charge < -0.3 is 4.74 Å². The van der Waals surface area contributed by atoms with Gasteiger partial charge in [0.2, 0.25) is 0 Å². The molecule has 6 heteroatoms. The smallest absolute Gasteiger partial charge is 0.341 e. The first-order chi connectivity index (χ1) is 10.8. The summed E-state index contributed by atoms with van der Waals surface area (Å²) in [5, 5.41) is 4.12. The van der Waals surface area contributed by atoms with Crippen molar-refractivity contribution >= 4 is 23.9 Å². The van der Waals surface area contributed by atoms with Crippen LogP contribution < -0.4 is 0 Å². The van der Waals surface area contributed by atoms with Crippen molar-refractivity contribution in [2.45, 2.75) is 6.92 Å². The Labute approximate surface area is 127 Å². The van der Waals surface area contributed by atoms with E-state index < -0.39 is 5.97 Å². The van der Waals surface area contributed by atoms with Crippen molar-refractivity contribution in [3.63, 3.8) is 0 Å². The van der Waals surface area contributed by atoms with Gasteiger partial charge in [-0.2, -0.15) is 14.6 Å². The minimum atomic E-state index is -0.430. The Hall–Kier alpha value is -3.02. The van der Waals surface area contributed by atoms with Crippen molar-refractivity contribution in [3.05, 3.63) is 59.7 Å². The van der Waals surface area contributed by atoms with Crippen LogP contribution in [0.25, 0.3) is 17.9 Å². The second kappa shape index (κ2) is 6.17. The molecule has 2 heterocycles. The lowest BCUT2D eigenvalue weighted by atomic mass is 10.1. The predicted octanol–water partition coefficient (Wildman–Crippen LogP) is 2.47. The molecule has 0 unspecified atom stereocenters. The van der Waals surface area contributed by atoms with Crippen molar-refractivity contribution in [2.75, 3.05) is 6.61 Å². The van der Waals surface area contributed by atoms with Gasteiger partial charge >= 0.3 is 5.97 Å². The van der Waals surface area contributed by atoms with Gasteiger partial charge in [0.1, 0.15) is 11.9 Å². The summed E-state index contributed by atoms with van der Waals surface area (Å²) in [5.41, 5.74) is 1.96. The normalized spacial score (nSPS) is 11.1. The fraction of sp³-hybridized carbons (Fsp3) is 0.125. The molecule has 22 heavy (non-hydrogen) atoms. The summed E-state index contributed by atoms with van der Waals surface area (Å²) in [6.45, 7) is 2.06. The van der Waals surface area contributed by atoms with E-state index in [0.717, 1.165) is 5.56 Å². The van der Waals surface area contributed by atoms with Gasteiger partial charge in [-0.05, 0) is 18.6 Å². The van der Waals surface area contributed by atoms with E-state index in [-0.39, 0.29) is 0 Å². The highest BCUT2D eigenvalue weighted by Gasteiger charge is 2.15. The summed E-state index contributed by atoms with van der Waals surface area (Å²) in [4.78, 5) is 20.2. The predicted molar refractivity (Wildman–Crippen MR) is 82.1 cm³/mol. The lowest BCUT2D eigenvalue weighted by Gasteiger charge is -2.06. The van der Waals surface area contributed by atoms with Gasteiger partial charge in [0.25, 0.3) is 5.78 Å². The molecule has 0 spiro atoms. The third-order valence-electron chi connectivity index (χ3n) is 3.07. The fourth-order valence-corrected chi connectivity index (χ4v) is 2.06. The molecule has 3 rings (SSSR count). The molecule has 0 aliphatic carbocycles. The number of ether oxygens (including phenoxy) is 1. The van der Waals surface area contributed by atoms with Crippen LogP contribution in [0.5, 0.6) is 0 Å². The van der Waals surface area contributed by atoms with Crippen LogP contribution in [-0.2, 0) is 4.74 Å². The van der Waals surface area contributed by atoms with E-state index in [2.05, 4.69) is 15.1 Å². The van der Waals surface area contributed by atoms with Crippen LogP contribution in [-0.4, -0.2) is 32.2 Å². The summed E-state index contributed by atoms with van der Waals surface area (Å²) in [6.07, 6.45) is 6.58. The van der Waals surface area contributed by atoms with Crippen LogP contribution in [0, 0.1) is 0 Å². The van der Waals surface area contributed by atoms with Gasteiger partial charge in [-0.15, -0.1) is 0 Å². The zero-order chi connectivity index (χ0) is 15.4. The SMILES string of the molecule is CCOC(=O)c1cnc2ncnn2c1/C=C/c1ccccc1. The number of rotatable bonds is 4. The number of carbonyl (C=O) groups excluding carboxylic acids is 1. The molecule has 0 aliphatic rings. The Morgan fingerprint density at radius 2 is 2.05 bits per heavy atom. The molecule has 0 atom stereocenters. The number of esters is 1. The van der Waals surface area contributed by atoms with Gasteiger partial charge in [-0.1, -0.05) is 36.4 Å². The van der Waals surface area contributed by atoms with E-state index in [1.54, 1.807) is 6.92 Å². The minimum absolute atomic E-state index is 0.302. The highest BCUT2D eigenvalue weighted by Crippen LogP contribution is 2.14. The van der Waals surface area contributed by atoms with Crippen molar-refractivity contribution in [3.8, 4) is 0 Å². The first-order valence-electron chi connectivity index (χ1n) is 6.88. The molecule has 2 aromatic heterocycles. The average molecular weight is 294 g/mol. The monoisotopic (exact) mass is 294 g/mol. The molecule has 0 bridgehead atoms. The largest absolute Gasteiger partial charge is 0.462 e. The van der Waals surface area contributed by atoms with Gasteiger partial charge in [-0.3, -0.25) is 0 Å². The Balaban J connectivity index is 2.08. The lowest BCUT2D eigenvalue weighted by Crippen LogP contribution is -2.11. The van der Waals surface area contributed by atoms with Crippen LogP contribution in [0.15, 0.2) is 42.9 Å². The molecule has 1 aromatic carbocycles. The van der Waals surface area contributed by atoms with Crippen LogP contribution >= 0.6 is 0 Å². The Morgan fingerprint density at radius 1 is 1.23 bits per heavy atom. The van der Waals surface area contributed by atoms with Crippen LogP contribution in [0.3, 0.4) is 0 Å². The quantitative estimate of drug-likeness (QED) is 0.691. The van der Waals surface area contributed by atoms with E-state index in [0.29, 0.717) is 23.6 Å². The highest BCUT2D eigenvalue weighted by atomic mass is 16.5. The molecule has 0 N–H and O–H groups in total. The average Bonchev–Trinajstić information content (AvgIpc) is 3.02.